The van der Waals surface area contributed by atoms with Crippen molar-refractivity contribution in [2.45, 2.75) is 99.6 Å². The summed E-state index contributed by atoms with van der Waals surface area (Å²) >= 11 is 0. The first-order chi connectivity index (χ1) is 16.2. The Labute approximate surface area is 214 Å². The molecule has 0 aromatic carbocycles. The lowest BCUT2D eigenvalue weighted by Crippen LogP contribution is -2.63. The van der Waals surface area contributed by atoms with Crippen LogP contribution in [0, 0.1) is 5.41 Å². The Bertz CT molecular complexity index is 757. The number of nitrogens with zero attached hydrogens (tertiary/aromatic N) is 1. The summed E-state index contributed by atoms with van der Waals surface area (Å²) in [5, 5.41) is 15.2. The molecule has 2 unspecified atom stereocenters. The fourth-order valence-electron chi connectivity index (χ4n) is 3.44. The van der Waals surface area contributed by atoms with Gasteiger partial charge in [0.05, 0.1) is 0 Å². The highest BCUT2D eigenvalue weighted by molar-refractivity contribution is 5.95. The van der Waals surface area contributed by atoms with Gasteiger partial charge in [0.25, 0.3) is 0 Å². The van der Waals surface area contributed by atoms with Crippen LogP contribution in [0.25, 0.3) is 0 Å². The number of carboxylic acid groups (broad SMARTS) is 1. The summed E-state index contributed by atoms with van der Waals surface area (Å²) in [6, 6.07) is -0.776. The maximum Gasteiger partial charge on any atom is 0.331 e. The third-order valence-electron chi connectivity index (χ3n) is 5.72. The van der Waals surface area contributed by atoms with Crippen LogP contribution in [-0.2, 0) is 14.4 Å². The molecule has 3 N–H and O–H groups in total. The van der Waals surface area contributed by atoms with E-state index in [1.54, 1.807) is 14.1 Å². The minimum atomic E-state index is -1.02. The summed E-state index contributed by atoms with van der Waals surface area (Å²) in [6.45, 7) is 17.6. The molecule has 0 saturated carbocycles. The smallest absolute Gasteiger partial charge is 0.331 e. The standard InChI is InChI=1S/C25H43N3O4.C3H8/c1-10-13-14-15-19(11-2)25(12-3,26-8)23(32)27-20(24(5,6)7)21(29)28(9)17-16-18(4)22(30)31;1-3-2/h13-16,20,26H,10-12,17H2,1-9H3,(H,27,32)(H,30,31);3H2,1-2H3/b14-13-,18-16+,19-15+;. The molecule has 7 nitrogen and oxygen atoms in total. The zero-order valence-corrected chi connectivity index (χ0v) is 24.0. The van der Waals surface area contributed by atoms with Crippen molar-refractivity contribution in [2.75, 3.05) is 20.6 Å². The van der Waals surface area contributed by atoms with E-state index in [9.17, 15) is 14.4 Å². The molecule has 0 heterocycles. The minimum Gasteiger partial charge on any atom is -0.478 e. The van der Waals surface area contributed by atoms with Gasteiger partial charge in [-0.25, -0.2) is 4.79 Å². The molecule has 7 heteroatoms. The van der Waals surface area contributed by atoms with Crippen LogP contribution >= 0.6 is 0 Å². The van der Waals surface area contributed by atoms with Gasteiger partial charge < -0.3 is 20.6 Å². The molecule has 202 valence electrons. The van der Waals surface area contributed by atoms with Crippen molar-refractivity contribution >= 4 is 17.8 Å². The predicted octanol–water partition coefficient (Wildman–Crippen LogP) is 5.09. The van der Waals surface area contributed by atoms with Crippen LogP contribution in [-0.4, -0.2) is 60.0 Å². The highest BCUT2D eigenvalue weighted by atomic mass is 16.4. The van der Waals surface area contributed by atoms with Crippen LogP contribution in [0.3, 0.4) is 0 Å². The van der Waals surface area contributed by atoms with Crippen molar-refractivity contribution < 1.29 is 19.5 Å². The van der Waals surface area contributed by atoms with Gasteiger partial charge in [0.15, 0.2) is 0 Å². The third kappa shape index (κ3) is 11.2. The highest BCUT2D eigenvalue weighted by Crippen LogP contribution is 2.27. The molecule has 0 aromatic rings. The van der Waals surface area contributed by atoms with Gasteiger partial charge in [0.1, 0.15) is 11.6 Å². The monoisotopic (exact) mass is 493 g/mol. The lowest BCUT2D eigenvalue weighted by atomic mass is 9.81. The van der Waals surface area contributed by atoms with E-state index in [-0.39, 0.29) is 23.9 Å². The van der Waals surface area contributed by atoms with Crippen molar-refractivity contribution in [3.8, 4) is 0 Å². The lowest BCUT2D eigenvalue weighted by molar-refractivity contribution is -0.139. The van der Waals surface area contributed by atoms with Crippen LogP contribution in [0.5, 0.6) is 0 Å². The van der Waals surface area contributed by atoms with E-state index in [0.29, 0.717) is 12.8 Å². The maximum absolute atomic E-state index is 13.6. The van der Waals surface area contributed by atoms with E-state index >= 15 is 0 Å². The Morgan fingerprint density at radius 1 is 1.06 bits per heavy atom. The fraction of sp³-hybridized carbons (Fsp3) is 0.679. The van der Waals surface area contributed by atoms with E-state index in [1.807, 2.05) is 52.8 Å². The Morgan fingerprint density at radius 2 is 1.60 bits per heavy atom. The number of allylic oxidation sites excluding steroid dienone is 3. The Hall–Kier alpha value is -2.41. The number of carbonyl (C=O) groups excluding carboxylic acids is 2. The second kappa shape index (κ2) is 17.1. The lowest BCUT2D eigenvalue weighted by Gasteiger charge is -2.39. The first-order valence-electron chi connectivity index (χ1n) is 12.7. The number of carbonyl (C=O) groups is 3. The number of hydrogen-bond donors (Lipinski definition) is 3. The number of rotatable bonds is 12. The van der Waals surface area contributed by atoms with Crippen LogP contribution in [0.1, 0.15) is 88.0 Å². The molecular formula is C28H51N3O4. The number of nitrogens with one attached hydrogen (secondary N) is 2. The van der Waals surface area contributed by atoms with Gasteiger partial charge in [0.2, 0.25) is 11.8 Å². The quantitative estimate of drug-likeness (QED) is 0.260. The van der Waals surface area contributed by atoms with Gasteiger partial charge in [-0.2, -0.15) is 0 Å². The molecule has 0 aliphatic carbocycles. The van der Waals surface area contributed by atoms with Crippen LogP contribution < -0.4 is 10.6 Å². The maximum atomic E-state index is 13.6. The third-order valence-corrected chi connectivity index (χ3v) is 5.72. The molecule has 0 spiro atoms. The normalized spacial score (nSPS) is 15.1. The van der Waals surface area contributed by atoms with Crippen molar-refractivity contribution in [1.29, 1.82) is 0 Å². The summed E-state index contributed by atoms with van der Waals surface area (Å²) < 4.78 is 0. The van der Waals surface area contributed by atoms with Crippen molar-refractivity contribution in [3.63, 3.8) is 0 Å². The van der Waals surface area contributed by atoms with Crippen molar-refractivity contribution in [2.24, 2.45) is 5.41 Å². The predicted molar refractivity (Wildman–Crippen MR) is 146 cm³/mol. The topological polar surface area (TPSA) is 98.7 Å². The minimum absolute atomic E-state index is 0.145. The summed E-state index contributed by atoms with van der Waals surface area (Å²) in [6.07, 6.45) is 10.8. The zero-order valence-electron chi connectivity index (χ0n) is 24.0. The van der Waals surface area contributed by atoms with Gasteiger partial charge in [0, 0.05) is 19.2 Å². The molecule has 35 heavy (non-hydrogen) atoms. The molecule has 0 fully saturated rings. The SMILES string of the molecule is CC/C=C\C=C(/CC)C(CC)(NC)C(=O)NC(C(=O)N(C)C/C=C(\C)C(=O)O)C(C)(C)C.CCC. The fourth-order valence-corrected chi connectivity index (χ4v) is 3.44. The second-order valence-corrected chi connectivity index (χ2v) is 9.78. The largest absolute Gasteiger partial charge is 0.478 e. The second-order valence-electron chi connectivity index (χ2n) is 9.78. The summed E-state index contributed by atoms with van der Waals surface area (Å²) in [5.74, 6) is -1.54. The molecule has 2 amide bonds. The molecule has 0 saturated heterocycles. The van der Waals surface area contributed by atoms with Gasteiger partial charge in [-0.15, -0.1) is 0 Å². The van der Waals surface area contributed by atoms with E-state index < -0.39 is 23.0 Å². The first-order valence-corrected chi connectivity index (χ1v) is 12.7. The number of amides is 2. The van der Waals surface area contributed by atoms with E-state index in [0.717, 1.165) is 12.0 Å². The zero-order chi connectivity index (χ0) is 27.8. The van der Waals surface area contributed by atoms with E-state index in [1.165, 1.54) is 24.3 Å². The first kappa shape index (κ1) is 34.8. The van der Waals surface area contributed by atoms with Crippen LogP contribution in [0.15, 0.2) is 35.5 Å². The van der Waals surface area contributed by atoms with E-state index in [2.05, 4.69) is 31.4 Å². The number of hydrogen-bond acceptors (Lipinski definition) is 4. The van der Waals surface area contributed by atoms with Gasteiger partial charge in [-0.3, -0.25) is 9.59 Å². The van der Waals surface area contributed by atoms with Gasteiger partial charge in [-0.05, 0) is 44.2 Å². The van der Waals surface area contributed by atoms with Crippen LogP contribution in [0.4, 0.5) is 0 Å². The summed E-state index contributed by atoms with van der Waals surface area (Å²) in [4.78, 5) is 39.3. The molecule has 0 rings (SSSR count). The number of likely N-dealkylation sites (N-methyl/N-ethyl adjacent to an activating group) is 2. The molecule has 2 atom stereocenters. The van der Waals surface area contributed by atoms with Gasteiger partial charge in [-0.1, -0.05) is 86.1 Å². The number of carboxylic acids is 1. The summed E-state index contributed by atoms with van der Waals surface area (Å²) in [7, 11) is 3.37. The Balaban J connectivity index is 0. The molecule has 0 aliphatic heterocycles. The Kier molecular flexibility index (Phi) is 17.0. The average molecular weight is 494 g/mol. The molecule has 0 aromatic heterocycles. The van der Waals surface area contributed by atoms with E-state index in [4.69, 9.17) is 5.11 Å². The number of aliphatic carboxylic acids is 1. The van der Waals surface area contributed by atoms with Crippen molar-refractivity contribution in [3.05, 3.63) is 35.5 Å². The van der Waals surface area contributed by atoms with Crippen LogP contribution in [0.2, 0.25) is 0 Å². The Morgan fingerprint density at radius 3 is 1.97 bits per heavy atom. The average Bonchev–Trinajstić information content (AvgIpc) is 2.79. The molecule has 0 bridgehead atoms. The molecule has 0 aliphatic rings. The van der Waals surface area contributed by atoms with Gasteiger partial charge >= 0.3 is 5.97 Å². The van der Waals surface area contributed by atoms with Crippen molar-refractivity contribution in [1.82, 2.24) is 15.5 Å². The highest BCUT2D eigenvalue weighted by Gasteiger charge is 2.42. The molecule has 0 radical (unpaired) electrons. The summed E-state index contributed by atoms with van der Waals surface area (Å²) in [5.41, 5.74) is -0.371. The molecular weight excluding hydrogens is 442 g/mol.